The largest absolute Gasteiger partial charge is 0.483 e. The Hall–Kier alpha value is -1.62. The van der Waals surface area contributed by atoms with E-state index in [-0.39, 0.29) is 18.0 Å². The highest BCUT2D eigenvalue weighted by Crippen LogP contribution is 2.65. The number of rotatable bonds is 6. The van der Waals surface area contributed by atoms with Crippen molar-refractivity contribution in [2.45, 2.75) is 79.8 Å². The first-order valence-corrected chi connectivity index (χ1v) is 9.67. The molecule has 0 heterocycles. The number of carboxylic acid groups (broad SMARTS) is 1. The lowest BCUT2D eigenvalue weighted by Gasteiger charge is -2.36. The van der Waals surface area contributed by atoms with Crippen molar-refractivity contribution in [2.24, 2.45) is 16.7 Å². The number of allylic oxidation sites excluding steroid dienone is 3. The van der Waals surface area contributed by atoms with Gasteiger partial charge in [-0.2, -0.15) is 0 Å². The second-order valence-corrected chi connectivity index (χ2v) is 8.53. The first kappa shape index (κ1) is 25.4. The minimum absolute atomic E-state index is 0.0313. The molecule has 3 unspecified atom stereocenters. The van der Waals surface area contributed by atoms with Crippen LogP contribution >= 0.6 is 0 Å². The van der Waals surface area contributed by atoms with Crippen LogP contribution in [0, 0.1) is 16.7 Å². The summed E-state index contributed by atoms with van der Waals surface area (Å²) in [6, 6.07) is 0. The molecular weight excluding hydrogens is 344 g/mol. The van der Waals surface area contributed by atoms with Crippen LogP contribution in [-0.4, -0.2) is 35.9 Å². The van der Waals surface area contributed by atoms with Crippen LogP contribution in [0.1, 0.15) is 73.6 Å². The minimum Gasteiger partial charge on any atom is -0.483 e. The van der Waals surface area contributed by atoms with Gasteiger partial charge in [0.25, 0.3) is 12.9 Å². The van der Waals surface area contributed by atoms with Gasteiger partial charge in [0.2, 0.25) is 0 Å². The van der Waals surface area contributed by atoms with Gasteiger partial charge in [-0.3, -0.25) is 9.59 Å². The van der Waals surface area contributed by atoms with Crippen molar-refractivity contribution in [1.82, 2.24) is 0 Å². The van der Waals surface area contributed by atoms with E-state index in [4.69, 9.17) is 9.90 Å². The van der Waals surface area contributed by atoms with Crippen molar-refractivity contribution in [1.29, 1.82) is 0 Å². The van der Waals surface area contributed by atoms with Gasteiger partial charge in [0.1, 0.15) is 6.61 Å². The summed E-state index contributed by atoms with van der Waals surface area (Å²) in [5, 5.41) is 16.7. The van der Waals surface area contributed by atoms with Crippen LogP contribution in [0.2, 0.25) is 0 Å². The minimum atomic E-state index is -0.250. The van der Waals surface area contributed by atoms with E-state index in [0.717, 1.165) is 25.2 Å². The maximum atomic E-state index is 9.83. The summed E-state index contributed by atoms with van der Waals surface area (Å²) in [7, 11) is 0. The van der Waals surface area contributed by atoms with E-state index in [1.165, 1.54) is 24.0 Å². The summed E-state index contributed by atoms with van der Waals surface area (Å²) in [4.78, 5) is 18.2. The van der Waals surface area contributed by atoms with Crippen LogP contribution in [0.5, 0.6) is 0 Å². The second kappa shape index (κ2) is 12.0. The Morgan fingerprint density at radius 2 is 1.74 bits per heavy atom. The van der Waals surface area contributed by atoms with Crippen molar-refractivity contribution in [3.8, 4) is 0 Å². The van der Waals surface area contributed by atoms with Gasteiger partial charge in [-0.15, -0.1) is 0 Å². The smallest absolute Gasteiger partial charge is 0.293 e. The molecule has 2 bridgehead atoms. The normalized spacial score (nSPS) is 27.4. The van der Waals surface area contributed by atoms with Crippen molar-refractivity contribution in [2.75, 3.05) is 6.61 Å². The van der Waals surface area contributed by atoms with Gasteiger partial charge >= 0.3 is 0 Å². The van der Waals surface area contributed by atoms with E-state index in [2.05, 4.69) is 45.4 Å². The number of aliphatic hydroxyl groups excluding tert-OH is 1. The van der Waals surface area contributed by atoms with Gasteiger partial charge in [0.05, 0.1) is 6.10 Å². The molecule has 0 saturated heterocycles. The molecule has 2 rings (SSSR count). The fourth-order valence-electron chi connectivity index (χ4n) is 4.08. The average molecular weight is 383 g/mol. The molecule has 0 aromatic rings. The van der Waals surface area contributed by atoms with Crippen molar-refractivity contribution in [3.63, 3.8) is 0 Å². The zero-order valence-electron chi connectivity index (χ0n) is 17.8. The van der Waals surface area contributed by atoms with Gasteiger partial charge in [0.15, 0.2) is 0 Å². The Labute approximate surface area is 164 Å². The Morgan fingerprint density at radius 1 is 1.15 bits per heavy atom. The van der Waals surface area contributed by atoms with Crippen molar-refractivity contribution in [3.05, 3.63) is 23.3 Å². The summed E-state index contributed by atoms with van der Waals surface area (Å²) >= 11 is 0. The van der Waals surface area contributed by atoms with Crippen molar-refractivity contribution >= 4 is 12.9 Å². The predicted molar refractivity (Wildman–Crippen MR) is 108 cm³/mol. The average Bonchev–Trinajstić information content (AvgIpc) is 2.89. The number of fused-ring (bicyclic) bond motifs is 2. The zero-order valence-corrected chi connectivity index (χ0v) is 17.8. The van der Waals surface area contributed by atoms with Gasteiger partial charge in [-0.05, 0) is 75.7 Å². The first-order chi connectivity index (χ1) is 12.6. The van der Waals surface area contributed by atoms with E-state index in [1.807, 2.05) is 13.0 Å². The maximum absolute atomic E-state index is 9.83. The third kappa shape index (κ3) is 7.49. The Morgan fingerprint density at radius 3 is 2.07 bits per heavy atom. The molecule has 5 nitrogen and oxygen atoms in total. The molecule has 2 aliphatic rings. The van der Waals surface area contributed by atoms with Crippen LogP contribution in [0.15, 0.2) is 23.3 Å². The summed E-state index contributed by atoms with van der Waals surface area (Å²) in [6.07, 6.45) is 9.82. The van der Waals surface area contributed by atoms with Crippen molar-refractivity contribution < 1.29 is 24.5 Å². The molecule has 2 N–H and O–H groups in total. The van der Waals surface area contributed by atoms with Crippen LogP contribution in [0.25, 0.3) is 0 Å². The highest BCUT2D eigenvalue weighted by atomic mass is 16.5. The molecule has 0 aromatic carbocycles. The standard InChI is InChI=1S/C11H18O2.C10H18O.CH2O2/c1-10(2)5-4-6-11(3)7-8-13-9-12;1-9(2)7-4-5-10(9,3)8(11)6-7;2-1-3/h5,7,9H,4,6,8H2,1-3H3;7-8,11H,4-6H2,1-3H3;1H,(H,2,3). The molecule has 5 heteroatoms. The van der Waals surface area contributed by atoms with Gasteiger partial charge in [-0.1, -0.05) is 38.0 Å². The van der Waals surface area contributed by atoms with Crippen LogP contribution < -0.4 is 0 Å². The molecule has 0 radical (unpaired) electrons. The van der Waals surface area contributed by atoms with E-state index in [9.17, 15) is 9.90 Å². The highest BCUT2D eigenvalue weighted by molar-refractivity contribution is 5.37. The molecule has 2 fully saturated rings. The SMILES string of the molecule is CC(C)=CCCC(C)=CCOC=O.CC1(C)C2CCC1(C)C(O)C2.O=CO. The topological polar surface area (TPSA) is 83.8 Å². The van der Waals surface area contributed by atoms with Gasteiger partial charge in [0, 0.05) is 0 Å². The van der Waals surface area contributed by atoms with Gasteiger partial charge in [-0.25, -0.2) is 0 Å². The molecule has 27 heavy (non-hydrogen) atoms. The van der Waals surface area contributed by atoms with Crippen LogP contribution in [0.4, 0.5) is 0 Å². The number of carbonyl (C=O) groups is 2. The van der Waals surface area contributed by atoms with Gasteiger partial charge < -0.3 is 14.9 Å². The summed E-state index contributed by atoms with van der Waals surface area (Å²) < 4.78 is 4.56. The molecular formula is C22H38O5. The second-order valence-electron chi connectivity index (χ2n) is 8.53. The lowest BCUT2D eigenvalue weighted by molar-refractivity contribution is -0.127. The third-order valence-corrected chi connectivity index (χ3v) is 6.44. The Kier molecular flexibility index (Phi) is 11.2. The lowest BCUT2D eigenvalue weighted by Crippen LogP contribution is -2.35. The van der Waals surface area contributed by atoms with E-state index < -0.39 is 0 Å². The molecule has 0 aliphatic heterocycles. The lowest BCUT2D eigenvalue weighted by atomic mass is 9.70. The molecule has 156 valence electrons. The molecule has 0 aromatic heterocycles. The zero-order chi connectivity index (χ0) is 21.1. The molecule has 0 spiro atoms. The monoisotopic (exact) mass is 382 g/mol. The summed E-state index contributed by atoms with van der Waals surface area (Å²) in [5.41, 5.74) is 3.21. The Balaban J connectivity index is 0.000000440. The first-order valence-electron chi connectivity index (χ1n) is 9.67. The Bertz CT molecular complexity index is 517. The maximum Gasteiger partial charge on any atom is 0.293 e. The fraction of sp³-hybridized carbons (Fsp3) is 0.727. The van der Waals surface area contributed by atoms with E-state index >= 15 is 0 Å². The number of hydrogen-bond acceptors (Lipinski definition) is 4. The highest BCUT2D eigenvalue weighted by Gasteiger charge is 2.60. The van der Waals surface area contributed by atoms with E-state index in [1.54, 1.807) is 0 Å². The quantitative estimate of drug-likeness (QED) is 0.393. The summed E-state index contributed by atoms with van der Waals surface area (Å²) in [6.45, 7) is 13.7. The molecule has 2 aliphatic carbocycles. The fourth-order valence-corrected chi connectivity index (χ4v) is 4.08. The van der Waals surface area contributed by atoms with Crippen LogP contribution in [-0.2, 0) is 14.3 Å². The predicted octanol–water partition coefficient (Wildman–Crippen LogP) is 4.75. The van der Waals surface area contributed by atoms with E-state index in [0.29, 0.717) is 18.5 Å². The number of carbonyl (C=O) groups excluding carboxylic acids is 1. The molecule has 3 atom stereocenters. The third-order valence-electron chi connectivity index (χ3n) is 6.44. The molecule has 2 saturated carbocycles. The number of aliphatic hydroxyl groups is 1. The number of hydrogen-bond donors (Lipinski definition) is 2. The molecule has 0 amide bonds. The summed E-state index contributed by atoms with van der Waals surface area (Å²) in [5.74, 6) is 0.780. The van der Waals surface area contributed by atoms with Crippen LogP contribution in [0.3, 0.4) is 0 Å². The number of ether oxygens (including phenoxy) is 1.